The van der Waals surface area contributed by atoms with Crippen LogP contribution in [0.15, 0.2) is 24.3 Å². The first-order valence-corrected chi connectivity index (χ1v) is 6.19. The Labute approximate surface area is 103 Å². The number of hydrogen-bond donors (Lipinski definition) is 1. The highest BCUT2D eigenvalue weighted by atomic mass is 16.5. The minimum atomic E-state index is 0.481. The van der Waals surface area contributed by atoms with Gasteiger partial charge in [-0.2, -0.15) is 0 Å². The van der Waals surface area contributed by atoms with E-state index >= 15 is 0 Å². The lowest BCUT2D eigenvalue weighted by Gasteiger charge is -2.29. The van der Waals surface area contributed by atoms with E-state index in [1.54, 1.807) is 14.2 Å². The molecule has 1 aliphatic heterocycles. The van der Waals surface area contributed by atoms with Crippen LogP contribution in [0.25, 0.3) is 0 Å². The maximum Gasteiger partial charge on any atom is 0.118 e. The molecule has 0 aliphatic carbocycles. The van der Waals surface area contributed by atoms with Crippen molar-refractivity contribution in [3.05, 3.63) is 29.8 Å². The number of benzene rings is 1. The summed E-state index contributed by atoms with van der Waals surface area (Å²) in [6.45, 7) is 1.91. The zero-order chi connectivity index (χ0) is 12.1. The topological polar surface area (TPSA) is 30.5 Å². The van der Waals surface area contributed by atoms with Crippen LogP contribution in [-0.2, 0) is 4.74 Å². The summed E-state index contributed by atoms with van der Waals surface area (Å²) in [5.74, 6) is 1.58. The molecule has 0 radical (unpaired) electrons. The molecule has 1 saturated heterocycles. The summed E-state index contributed by atoms with van der Waals surface area (Å²) in [6.07, 6.45) is 2.41. The van der Waals surface area contributed by atoms with E-state index in [1.807, 2.05) is 12.1 Å². The lowest BCUT2D eigenvalue weighted by Crippen LogP contribution is -2.35. The zero-order valence-corrected chi connectivity index (χ0v) is 10.6. The van der Waals surface area contributed by atoms with Crippen molar-refractivity contribution < 1.29 is 9.47 Å². The Morgan fingerprint density at radius 2 is 1.94 bits per heavy atom. The maximum atomic E-state index is 5.20. The summed E-state index contributed by atoms with van der Waals surface area (Å²) in [5, 5.41) is 3.59. The molecule has 1 heterocycles. The summed E-state index contributed by atoms with van der Waals surface area (Å²) in [6, 6.07) is 8.82. The predicted octanol–water partition coefficient (Wildman–Crippen LogP) is 2.38. The Balaban J connectivity index is 1.91. The van der Waals surface area contributed by atoms with Crippen LogP contribution < -0.4 is 10.1 Å². The van der Waals surface area contributed by atoms with Crippen LogP contribution in [0.4, 0.5) is 0 Å². The molecule has 3 nitrogen and oxygen atoms in total. The molecule has 2 rings (SSSR count). The van der Waals surface area contributed by atoms with Gasteiger partial charge >= 0.3 is 0 Å². The van der Waals surface area contributed by atoms with E-state index in [4.69, 9.17) is 9.47 Å². The summed E-state index contributed by atoms with van der Waals surface area (Å²) < 4.78 is 10.4. The molecule has 0 saturated carbocycles. The van der Waals surface area contributed by atoms with E-state index in [1.165, 1.54) is 18.4 Å². The van der Waals surface area contributed by atoms with Crippen LogP contribution in [0, 0.1) is 5.92 Å². The van der Waals surface area contributed by atoms with E-state index in [0.29, 0.717) is 12.0 Å². The van der Waals surface area contributed by atoms with Gasteiger partial charge < -0.3 is 14.8 Å². The molecule has 0 amide bonds. The lowest BCUT2D eigenvalue weighted by atomic mass is 9.91. The normalized spacial score (nSPS) is 24.6. The van der Waals surface area contributed by atoms with E-state index in [-0.39, 0.29) is 0 Å². The minimum Gasteiger partial charge on any atom is -0.497 e. The third-order valence-electron chi connectivity index (χ3n) is 3.44. The van der Waals surface area contributed by atoms with Gasteiger partial charge in [0.25, 0.3) is 0 Å². The molecule has 0 bridgehead atoms. The molecule has 0 spiro atoms. The van der Waals surface area contributed by atoms with Crippen molar-refractivity contribution in [2.45, 2.75) is 18.9 Å². The molecule has 3 heteroatoms. The van der Waals surface area contributed by atoms with Gasteiger partial charge in [0, 0.05) is 19.7 Å². The van der Waals surface area contributed by atoms with Gasteiger partial charge in [0.15, 0.2) is 0 Å². The molecule has 94 valence electrons. The number of rotatable bonds is 4. The van der Waals surface area contributed by atoms with E-state index < -0.39 is 0 Å². The van der Waals surface area contributed by atoms with Crippen molar-refractivity contribution in [1.82, 2.24) is 5.32 Å². The molecule has 2 unspecified atom stereocenters. The fraction of sp³-hybridized carbons (Fsp3) is 0.571. The highest BCUT2D eigenvalue weighted by Gasteiger charge is 2.21. The average Bonchev–Trinajstić information content (AvgIpc) is 2.40. The van der Waals surface area contributed by atoms with E-state index in [0.717, 1.165) is 18.9 Å². The first-order valence-electron chi connectivity index (χ1n) is 6.19. The second-order valence-corrected chi connectivity index (χ2v) is 4.63. The van der Waals surface area contributed by atoms with E-state index in [9.17, 15) is 0 Å². The van der Waals surface area contributed by atoms with Crippen LogP contribution in [-0.4, -0.2) is 27.4 Å². The van der Waals surface area contributed by atoms with Crippen LogP contribution in [0.2, 0.25) is 0 Å². The standard InChI is InChI=1S/C14H21NO2/c1-16-10-11-3-8-14(15-9-11)12-4-6-13(17-2)7-5-12/h4-7,11,14-15H,3,8-10H2,1-2H3. The number of piperidine rings is 1. The van der Waals surface area contributed by atoms with Crippen molar-refractivity contribution in [2.75, 3.05) is 27.4 Å². The predicted molar refractivity (Wildman–Crippen MR) is 68.3 cm³/mol. The molecule has 1 N–H and O–H groups in total. The Morgan fingerprint density at radius 1 is 1.18 bits per heavy atom. The first kappa shape index (κ1) is 12.4. The quantitative estimate of drug-likeness (QED) is 0.869. The molecular formula is C14H21NO2. The Bertz CT molecular complexity index is 329. The maximum absolute atomic E-state index is 5.20. The largest absolute Gasteiger partial charge is 0.497 e. The molecule has 1 aromatic rings. The molecule has 2 atom stereocenters. The number of ether oxygens (including phenoxy) is 2. The second-order valence-electron chi connectivity index (χ2n) is 4.63. The van der Waals surface area contributed by atoms with Crippen LogP contribution in [0.3, 0.4) is 0 Å². The molecule has 1 aromatic carbocycles. The minimum absolute atomic E-state index is 0.481. The SMILES string of the molecule is COCC1CCC(c2ccc(OC)cc2)NC1. The van der Waals surface area contributed by atoms with Crippen LogP contribution in [0.5, 0.6) is 5.75 Å². The van der Waals surface area contributed by atoms with E-state index in [2.05, 4.69) is 17.4 Å². The van der Waals surface area contributed by atoms with Gasteiger partial charge in [-0.1, -0.05) is 12.1 Å². The Kier molecular flexibility index (Phi) is 4.40. The average molecular weight is 235 g/mol. The van der Waals surface area contributed by atoms with Gasteiger partial charge in [0.1, 0.15) is 5.75 Å². The first-order chi connectivity index (χ1) is 8.33. The smallest absolute Gasteiger partial charge is 0.118 e. The second kappa shape index (κ2) is 6.03. The zero-order valence-electron chi connectivity index (χ0n) is 10.6. The monoisotopic (exact) mass is 235 g/mol. The molecular weight excluding hydrogens is 214 g/mol. The Hall–Kier alpha value is -1.06. The van der Waals surface area contributed by atoms with Crippen LogP contribution in [0.1, 0.15) is 24.4 Å². The molecule has 0 aromatic heterocycles. The van der Waals surface area contributed by atoms with Crippen molar-refractivity contribution in [1.29, 1.82) is 0 Å². The summed E-state index contributed by atoms with van der Waals surface area (Å²) in [5.41, 5.74) is 1.35. The third-order valence-corrected chi connectivity index (χ3v) is 3.44. The number of hydrogen-bond acceptors (Lipinski definition) is 3. The molecule has 1 aliphatic rings. The van der Waals surface area contributed by atoms with Crippen molar-refractivity contribution >= 4 is 0 Å². The highest BCUT2D eigenvalue weighted by molar-refractivity contribution is 5.29. The van der Waals surface area contributed by atoms with Crippen molar-refractivity contribution in [2.24, 2.45) is 5.92 Å². The van der Waals surface area contributed by atoms with Crippen molar-refractivity contribution in [3.8, 4) is 5.75 Å². The van der Waals surface area contributed by atoms with Gasteiger partial charge in [-0.3, -0.25) is 0 Å². The van der Waals surface area contributed by atoms with Crippen molar-refractivity contribution in [3.63, 3.8) is 0 Å². The highest BCUT2D eigenvalue weighted by Crippen LogP contribution is 2.27. The fourth-order valence-corrected chi connectivity index (χ4v) is 2.41. The Morgan fingerprint density at radius 3 is 2.47 bits per heavy atom. The van der Waals surface area contributed by atoms with Gasteiger partial charge in [-0.05, 0) is 36.5 Å². The van der Waals surface area contributed by atoms with Gasteiger partial charge in [-0.15, -0.1) is 0 Å². The van der Waals surface area contributed by atoms with Gasteiger partial charge in [0.05, 0.1) is 13.7 Å². The van der Waals surface area contributed by atoms with Gasteiger partial charge in [-0.25, -0.2) is 0 Å². The summed E-state index contributed by atoms with van der Waals surface area (Å²) in [4.78, 5) is 0. The number of methoxy groups -OCH3 is 2. The molecule has 17 heavy (non-hydrogen) atoms. The van der Waals surface area contributed by atoms with Gasteiger partial charge in [0.2, 0.25) is 0 Å². The summed E-state index contributed by atoms with van der Waals surface area (Å²) >= 11 is 0. The molecule has 1 fully saturated rings. The fourth-order valence-electron chi connectivity index (χ4n) is 2.41. The third kappa shape index (κ3) is 3.20. The summed E-state index contributed by atoms with van der Waals surface area (Å²) in [7, 11) is 3.47. The van der Waals surface area contributed by atoms with Crippen LogP contribution >= 0.6 is 0 Å². The lowest BCUT2D eigenvalue weighted by molar-refractivity contribution is 0.129. The number of nitrogens with one attached hydrogen (secondary N) is 1.